The Bertz CT molecular complexity index is 1040. The molecule has 1 atom stereocenters. The molecule has 1 unspecified atom stereocenters. The smallest absolute Gasteiger partial charge is 0.310 e. The molecule has 0 aliphatic carbocycles. The monoisotopic (exact) mass is 415 g/mol. The summed E-state index contributed by atoms with van der Waals surface area (Å²) in [6, 6.07) is 11.5. The van der Waals surface area contributed by atoms with E-state index in [0.717, 1.165) is 47.2 Å². The minimum absolute atomic E-state index is 0.152. The Morgan fingerprint density at radius 2 is 2.04 bits per heavy atom. The lowest BCUT2D eigenvalue weighted by Crippen LogP contribution is -2.39. The Kier molecular flexibility index (Phi) is 5.38. The number of carbonyl (C=O) groups excluding carboxylic acids is 1. The highest BCUT2D eigenvalue weighted by atomic mass is 35.5. The van der Waals surface area contributed by atoms with Gasteiger partial charge in [0.15, 0.2) is 0 Å². The number of rotatable bonds is 3. The third-order valence-electron chi connectivity index (χ3n) is 5.13. The highest BCUT2D eigenvalue weighted by Crippen LogP contribution is 2.37. The first-order valence-electron chi connectivity index (χ1n) is 9.10. The molecule has 4 rings (SSSR count). The van der Waals surface area contributed by atoms with E-state index in [1.54, 1.807) is 12.4 Å². The zero-order chi connectivity index (χ0) is 19.7. The van der Waals surface area contributed by atoms with Crippen LogP contribution in [-0.4, -0.2) is 36.1 Å². The van der Waals surface area contributed by atoms with Gasteiger partial charge in [-0.3, -0.25) is 4.79 Å². The second kappa shape index (κ2) is 7.94. The third kappa shape index (κ3) is 3.52. The van der Waals surface area contributed by atoms with E-state index < -0.39 is 0 Å². The van der Waals surface area contributed by atoms with Crippen molar-refractivity contribution >= 4 is 45.9 Å². The summed E-state index contributed by atoms with van der Waals surface area (Å²) in [7, 11) is 1.43. The maximum absolute atomic E-state index is 12.1. The van der Waals surface area contributed by atoms with Crippen molar-refractivity contribution in [3.63, 3.8) is 0 Å². The lowest BCUT2D eigenvalue weighted by Gasteiger charge is -2.33. The largest absolute Gasteiger partial charge is 0.469 e. The minimum atomic E-state index is -0.173. The number of methoxy groups -OCH3 is 1. The Hall–Kier alpha value is -2.37. The highest BCUT2D eigenvalue weighted by molar-refractivity contribution is 6.42. The summed E-state index contributed by atoms with van der Waals surface area (Å²) in [5, 5.41) is 1.95. The van der Waals surface area contributed by atoms with Gasteiger partial charge in [-0.2, -0.15) is 0 Å². The number of fused-ring (bicyclic) bond motifs is 1. The van der Waals surface area contributed by atoms with Gasteiger partial charge in [-0.1, -0.05) is 41.4 Å². The molecule has 0 N–H and O–H groups in total. The molecule has 7 heteroatoms. The zero-order valence-corrected chi connectivity index (χ0v) is 16.9. The van der Waals surface area contributed by atoms with Crippen molar-refractivity contribution in [2.24, 2.45) is 5.92 Å². The summed E-state index contributed by atoms with van der Waals surface area (Å²) in [6.07, 6.45) is 3.30. The summed E-state index contributed by atoms with van der Waals surface area (Å²) in [6.45, 7) is 1.41. The van der Waals surface area contributed by atoms with Crippen molar-refractivity contribution in [3.8, 4) is 11.1 Å². The number of benzene rings is 2. The molecule has 28 heavy (non-hydrogen) atoms. The topological polar surface area (TPSA) is 55.3 Å². The molecular weight excluding hydrogens is 397 g/mol. The molecule has 0 amide bonds. The molecule has 2 aromatic carbocycles. The predicted molar refractivity (Wildman–Crippen MR) is 112 cm³/mol. The molecule has 144 valence electrons. The van der Waals surface area contributed by atoms with Crippen LogP contribution in [0.15, 0.2) is 42.7 Å². The molecule has 1 fully saturated rings. The van der Waals surface area contributed by atoms with Gasteiger partial charge in [-0.05, 0) is 42.2 Å². The van der Waals surface area contributed by atoms with Gasteiger partial charge in [0.25, 0.3) is 0 Å². The van der Waals surface area contributed by atoms with E-state index in [9.17, 15) is 4.79 Å². The molecule has 0 saturated carbocycles. The minimum Gasteiger partial charge on any atom is -0.469 e. The van der Waals surface area contributed by atoms with Gasteiger partial charge < -0.3 is 9.64 Å². The van der Waals surface area contributed by atoms with Gasteiger partial charge in [-0.25, -0.2) is 9.97 Å². The fourth-order valence-electron chi connectivity index (χ4n) is 3.77. The lowest BCUT2D eigenvalue weighted by atomic mass is 9.96. The normalized spacial score (nSPS) is 17.0. The van der Waals surface area contributed by atoms with E-state index >= 15 is 0 Å². The van der Waals surface area contributed by atoms with Crippen molar-refractivity contribution in [2.75, 3.05) is 25.1 Å². The molecule has 2 heterocycles. The van der Waals surface area contributed by atoms with Crippen LogP contribution in [-0.2, 0) is 9.53 Å². The van der Waals surface area contributed by atoms with E-state index in [1.165, 1.54) is 7.11 Å². The summed E-state index contributed by atoms with van der Waals surface area (Å²) in [5.41, 5.74) is 2.76. The number of ether oxygens (including phenoxy) is 1. The number of halogens is 2. The van der Waals surface area contributed by atoms with Crippen LogP contribution in [0.3, 0.4) is 0 Å². The summed E-state index contributed by atoms with van der Waals surface area (Å²) >= 11 is 12.3. The molecule has 1 aliphatic heterocycles. The van der Waals surface area contributed by atoms with Gasteiger partial charge in [-0.15, -0.1) is 0 Å². The molecule has 0 radical (unpaired) electrons. The van der Waals surface area contributed by atoms with E-state index in [2.05, 4.69) is 14.9 Å². The zero-order valence-electron chi connectivity index (χ0n) is 15.4. The van der Waals surface area contributed by atoms with E-state index in [4.69, 9.17) is 27.9 Å². The Morgan fingerprint density at radius 1 is 1.18 bits per heavy atom. The van der Waals surface area contributed by atoms with Crippen molar-refractivity contribution in [2.45, 2.75) is 12.8 Å². The molecule has 0 spiro atoms. The molecule has 1 aliphatic rings. The number of hydrogen-bond donors (Lipinski definition) is 0. The molecule has 5 nitrogen and oxygen atoms in total. The average molecular weight is 416 g/mol. The Balaban J connectivity index is 1.83. The van der Waals surface area contributed by atoms with E-state index in [1.807, 2.05) is 30.3 Å². The van der Waals surface area contributed by atoms with Crippen molar-refractivity contribution < 1.29 is 9.53 Å². The molecule has 3 aromatic rings. The SMILES string of the molecule is COC(=O)C1CCCN(c2ncnc3cccc(-c4ccc(Cl)c(Cl)c4)c23)C1. The number of nitrogens with zero attached hydrogens (tertiary/aromatic N) is 3. The summed E-state index contributed by atoms with van der Waals surface area (Å²) in [5.74, 6) is 0.494. The Morgan fingerprint density at radius 3 is 2.82 bits per heavy atom. The van der Waals surface area contributed by atoms with Crippen LogP contribution >= 0.6 is 23.2 Å². The fraction of sp³-hybridized carbons (Fsp3) is 0.286. The summed E-state index contributed by atoms with van der Waals surface area (Å²) < 4.78 is 4.95. The van der Waals surface area contributed by atoms with Gasteiger partial charge in [0.1, 0.15) is 12.1 Å². The fourth-order valence-corrected chi connectivity index (χ4v) is 4.06. The van der Waals surface area contributed by atoms with Gasteiger partial charge >= 0.3 is 5.97 Å². The number of carbonyl (C=O) groups is 1. The van der Waals surface area contributed by atoms with Crippen LogP contribution in [0.1, 0.15) is 12.8 Å². The number of aromatic nitrogens is 2. The van der Waals surface area contributed by atoms with Crippen LogP contribution < -0.4 is 4.90 Å². The lowest BCUT2D eigenvalue weighted by molar-refractivity contribution is -0.145. The second-order valence-corrected chi connectivity index (χ2v) is 7.65. The Labute approximate surface area is 173 Å². The first kappa shape index (κ1) is 19.0. The van der Waals surface area contributed by atoms with Gasteiger partial charge in [0.05, 0.1) is 34.0 Å². The first-order chi connectivity index (χ1) is 13.6. The predicted octanol–water partition coefficient (Wildman–Crippen LogP) is 4.99. The van der Waals surface area contributed by atoms with Crippen molar-refractivity contribution in [3.05, 3.63) is 52.8 Å². The quantitative estimate of drug-likeness (QED) is 0.563. The van der Waals surface area contributed by atoms with E-state index in [0.29, 0.717) is 16.6 Å². The maximum Gasteiger partial charge on any atom is 0.310 e. The van der Waals surface area contributed by atoms with Gasteiger partial charge in [0, 0.05) is 13.1 Å². The molecular formula is C21H19Cl2N3O2. The number of piperidine rings is 1. The molecule has 1 aromatic heterocycles. The third-order valence-corrected chi connectivity index (χ3v) is 5.87. The van der Waals surface area contributed by atoms with Crippen LogP contribution in [0.5, 0.6) is 0 Å². The van der Waals surface area contributed by atoms with Crippen molar-refractivity contribution in [1.29, 1.82) is 0 Å². The molecule has 1 saturated heterocycles. The maximum atomic E-state index is 12.1. The van der Waals surface area contributed by atoms with Crippen molar-refractivity contribution in [1.82, 2.24) is 9.97 Å². The van der Waals surface area contributed by atoms with Crippen LogP contribution in [0, 0.1) is 5.92 Å². The van der Waals surface area contributed by atoms with E-state index in [-0.39, 0.29) is 11.9 Å². The summed E-state index contributed by atoms with van der Waals surface area (Å²) in [4.78, 5) is 23.2. The number of anilines is 1. The first-order valence-corrected chi connectivity index (χ1v) is 9.86. The average Bonchev–Trinajstić information content (AvgIpc) is 2.74. The number of hydrogen-bond acceptors (Lipinski definition) is 5. The number of esters is 1. The van der Waals surface area contributed by atoms with Crippen LogP contribution in [0.25, 0.3) is 22.0 Å². The van der Waals surface area contributed by atoms with Gasteiger partial charge in [0.2, 0.25) is 0 Å². The van der Waals surface area contributed by atoms with Crippen LogP contribution in [0.2, 0.25) is 10.0 Å². The molecule has 0 bridgehead atoms. The van der Waals surface area contributed by atoms with Crippen LogP contribution in [0.4, 0.5) is 5.82 Å². The second-order valence-electron chi connectivity index (χ2n) is 6.83. The standard InChI is InChI=1S/C21H19Cl2N3O2/c1-28-21(27)14-4-3-9-26(11-14)20-19-15(5-2-6-18(19)24-12-25-20)13-7-8-16(22)17(23)10-13/h2,5-8,10,12,14H,3-4,9,11H2,1H3. The highest BCUT2D eigenvalue weighted by Gasteiger charge is 2.28.